The minimum Gasteiger partial charge on any atom is -0.486 e. The smallest absolute Gasteiger partial charge is 0.257 e. The van der Waals surface area contributed by atoms with Crippen LogP contribution in [0.15, 0.2) is 85.3 Å². The predicted octanol–water partition coefficient (Wildman–Crippen LogP) is 4.73. The third-order valence-electron chi connectivity index (χ3n) is 6.99. The number of ether oxygens (including phenoxy) is 1. The van der Waals surface area contributed by atoms with Gasteiger partial charge in [0.15, 0.2) is 0 Å². The van der Waals surface area contributed by atoms with E-state index < -0.39 is 0 Å². The van der Waals surface area contributed by atoms with E-state index in [2.05, 4.69) is 39.1 Å². The Morgan fingerprint density at radius 1 is 0.946 bits per heavy atom. The molecule has 0 saturated carbocycles. The molecule has 5 aromatic rings. The number of para-hydroxylation sites is 2. The van der Waals surface area contributed by atoms with E-state index in [-0.39, 0.29) is 5.91 Å². The molecule has 37 heavy (non-hydrogen) atoms. The number of amides is 1. The molecule has 2 aromatic carbocycles. The summed E-state index contributed by atoms with van der Waals surface area (Å²) >= 11 is 0. The van der Waals surface area contributed by atoms with E-state index in [1.807, 2.05) is 77.3 Å². The summed E-state index contributed by atoms with van der Waals surface area (Å²) < 4.78 is 8.10. The lowest BCUT2D eigenvalue weighted by Crippen LogP contribution is -2.48. The van der Waals surface area contributed by atoms with Crippen LogP contribution in [0, 0.1) is 6.92 Å². The largest absolute Gasteiger partial charge is 0.486 e. The van der Waals surface area contributed by atoms with Crippen molar-refractivity contribution in [3.63, 3.8) is 0 Å². The second-order valence-corrected chi connectivity index (χ2v) is 9.50. The first-order chi connectivity index (χ1) is 18.2. The number of fused-ring (bicyclic) bond motifs is 2. The molecule has 0 bridgehead atoms. The van der Waals surface area contributed by atoms with Crippen LogP contribution in [0.4, 0.5) is 0 Å². The number of carbonyl (C=O) groups excluding carboxylic acids is 1. The van der Waals surface area contributed by atoms with Crippen LogP contribution < -0.4 is 4.74 Å². The highest BCUT2D eigenvalue weighted by molar-refractivity contribution is 5.97. The highest BCUT2D eigenvalue weighted by atomic mass is 16.5. The van der Waals surface area contributed by atoms with Gasteiger partial charge in [0.2, 0.25) is 0 Å². The zero-order valence-corrected chi connectivity index (χ0v) is 20.9. The maximum atomic E-state index is 13.5. The lowest BCUT2D eigenvalue weighted by molar-refractivity contribution is 0.0624. The predicted molar refractivity (Wildman–Crippen MR) is 144 cm³/mol. The van der Waals surface area contributed by atoms with E-state index in [1.165, 1.54) is 5.56 Å². The van der Waals surface area contributed by atoms with Gasteiger partial charge in [-0.3, -0.25) is 14.7 Å². The van der Waals surface area contributed by atoms with Crippen LogP contribution >= 0.6 is 0 Å². The van der Waals surface area contributed by atoms with Gasteiger partial charge < -0.3 is 14.0 Å². The summed E-state index contributed by atoms with van der Waals surface area (Å²) in [4.78, 5) is 27.0. The average molecular weight is 492 g/mol. The molecular formula is C30H29N5O2. The first kappa shape index (κ1) is 23.2. The normalized spacial score (nSPS) is 14.4. The Bertz CT molecular complexity index is 1560. The van der Waals surface area contributed by atoms with Crippen molar-refractivity contribution >= 4 is 22.5 Å². The number of aryl methyl sites for hydroxylation is 1. The molecule has 0 aliphatic carbocycles. The molecule has 3 aromatic heterocycles. The van der Waals surface area contributed by atoms with Crippen LogP contribution in [0.2, 0.25) is 0 Å². The van der Waals surface area contributed by atoms with Crippen LogP contribution in [-0.4, -0.2) is 56.3 Å². The molecule has 6 rings (SSSR count). The lowest BCUT2D eigenvalue weighted by atomic mass is 10.1. The number of piperazine rings is 1. The van der Waals surface area contributed by atoms with Gasteiger partial charge in [0.1, 0.15) is 18.0 Å². The number of aromatic nitrogens is 3. The zero-order chi connectivity index (χ0) is 25.2. The Balaban J connectivity index is 1.10. The standard InChI is InChI=1S/C30H29N5O2/c1-22-7-6-14-35-20-25(32-29(22)35)21-37-27-12-3-2-11-26(27)30(36)34-17-15-33(16-18-34)19-24-9-4-8-23-10-5-13-31-28(23)24/h2-14,20H,15-19,21H2,1H3. The summed E-state index contributed by atoms with van der Waals surface area (Å²) in [5.74, 6) is 0.596. The molecule has 7 nitrogen and oxygen atoms in total. The number of pyridine rings is 2. The molecule has 1 saturated heterocycles. The summed E-state index contributed by atoms with van der Waals surface area (Å²) in [6.45, 7) is 6.16. The molecule has 1 fully saturated rings. The molecule has 1 aliphatic heterocycles. The number of hydrogen-bond acceptors (Lipinski definition) is 5. The van der Waals surface area contributed by atoms with E-state index in [0.29, 0.717) is 31.0 Å². The number of carbonyl (C=O) groups is 1. The van der Waals surface area contributed by atoms with Gasteiger partial charge in [-0.25, -0.2) is 4.98 Å². The van der Waals surface area contributed by atoms with Crippen molar-refractivity contribution in [1.29, 1.82) is 0 Å². The van der Waals surface area contributed by atoms with Crippen molar-refractivity contribution in [2.75, 3.05) is 26.2 Å². The van der Waals surface area contributed by atoms with Gasteiger partial charge in [-0.05, 0) is 42.3 Å². The van der Waals surface area contributed by atoms with Gasteiger partial charge in [-0.2, -0.15) is 0 Å². The monoisotopic (exact) mass is 491 g/mol. The van der Waals surface area contributed by atoms with Crippen molar-refractivity contribution in [2.45, 2.75) is 20.1 Å². The van der Waals surface area contributed by atoms with Gasteiger partial charge in [-0.15, -0.1) is 0 Å². The summed E-state index contributed by atoms with van der Waals surface area (Å²) in [7, 11) is 0. The zero-order valence-electron chi connectivity index (χ0n) is 20.9. The maximum absolute atomic E-state index is 13.5. The Labute approximate surface area is 215 Å². The van der Waals surface area contributed by atoms with Crippen molar-refractivity contribution in [3.8, 4) is 5.75 Å². The van der Waals surface area contributed by atoms with E-state index in [4.69, 9.17) is 4.74 Å². The first-order valence-electron chi connectivity index (χ1n) is 12.6. The molecule has 186 valence electrons. The third-order valence-corrected chi connectivity index (χ3v) is 6.99. The Kier molecular flexibility index (Phi) is 6.28. The molecule has 1 amide bonds. The second-order valence-electron chi connectivity index (χ2n) is 9.50. The van der Waals surface area contributed by atoms with E-state index in [1.54, 1.807) is 0 Å². The minimum atomic E-state index is 0.00734. The Morgan fingerprint density at radius 3 is 2.65 bits per heavy atom. The maximum Gasteiger partial charge on any atom is 0.257 e. The first-order valence-corrected chi connectivity index (χ1v) is 12.6. The molecule has 7 heteroatoms. The van der Waals surface area contributed by atoms with Crippen molar-refractivity contribution in [1.82, 2.24) is 24.2 Å². The van der Waals surface area contributed by atoms with Crippen LogP contribution in [0.5, 0.6) is 5.75 Å². The number of imidazole rings is 1. The topological polar surface area (TPSA) is 63.0 Å². The molecule has 0 spiro atoms. The fourth-order valence-electron chi connectivity index (χ4n) is 5.01. The highest BCUT2D eigenvalue weighted by Gasteiger charge is 2.25. The van der Waals surface area contributed by atoms with Crippen LogP contribution in [-0.2, 0) is 13.2 Å². The van der Waals surface area contributed by atoms with Gasteiger partial charge >= 0.3 is 0 Å². The quantitative estimate of drug-likeness (QED) is 0.344. The van der Waals surface area contributed by atoms with Gasteiger partial charge in [0.25, 0.3) is 5.91 Å². The van der Waals surface area contributed by atoms with Crippen molar-refractivity contribution < 1.29 is 9.53 Å². The summed E-state index contributed by atoms with van der Waals surface area (Å²) in [5.41, 5.74) is 5.72. The molecule has 1 aliphatic rings. The van der Waals surface area contributed by atoms with Crippen molar-refractivity contribution in [3.05, 3.63) is 108 Å². The Hall–Kier alpha value is -4.23. The molecule has 0 N–H and O–H groups in total. The van der Waals surface area contributed by atoms with Gasteiger partial charge in [0, 0.05) is 56.7 Å². The molecule has 4 heterocycles. The summed E-state index contributed by atoms with van der Waals surface area (Å²) in [5, 5.41) is 1.16. The molecule has 0 radical (unpaired) electrons. The fraction of sp³-hybridized carbons (Fsp3) is 0.233. The SMILES string of the molecule is Cc1cccn2cc(COc3ccccc3C(=O)N3CCN(Cc4cccc5cccnc45)CC3)nc12. The molecule has 0 atom stereocenters. The third kappa shape index (κ3) is 4.78. The summed E-state index contributed by atoms with van der Waals surface area (Å²) in [6.07, 6.45) is 5.79. The van der Waals surface area contributed by atoms with Crippen LogP contribution in [0.1, 0.15) is 27.2 Å². The number of rotatable bonds is 6. The fourth-order valence-corrected chi connectivity index (χ4v) is 5.01. The second kappa shape index (κ2) is 10.0. The lowest BCUT2D eigenvalue weighted by Gasteiger charge is -2.35. The molecule has 0 unspecified atom stereocenters. The van der Waals surface area contributed by atoms with Gasteiger partial charge in [-0.1, -0.05) is 42.5 Å². The summed E-state index contributed by atoms with van der Waals surface area (Å²) in [6, 6.07) is 21.9. The number of nitrogens with zero attached hydrogens (tertiary/aromatic N) is 5. The van der Waals surface area contributed by atoms with E-state index >= 15 is 0 Å². The van der Waals surface area contributed by atoms with Crippen molar-refractivity contribution in [2.24, 2.45) is 0 Å². The van der Waals surface area contributed by atoms with Gasteiger partial charge in [0.05, 0.1) is 16.8 Å². The Morgan fingerprint density at radius 2 is 1.78 bits per heavy atom. The highest BCUT2D eigenvalue weighted by Crippen LogP contribution is 2.23. The average Bonchev–Trinajstić information content (AvgIpc) is 3.37. The number of hydrogen-bond donors (Lipinski definition) is 0. The number of benzene rings is 2. The van der Waals surface area contributed by atoms with Crippen LogP contribution in [0.25, 0.3) is 16.6 Å². The van der Waals surface area contributed by atoms with Crippen LogP contribution in [0.3, 0.4) is 0 Å². The molecular weight excluding hydrogens is 462 g/mol. The van der Waals surface area contributed by atoms with E-state index in [0.717, 1.165) is 47.4 Å². The minimum absolute atomic E-state index is 0.00734. The van der Waals surface area contributed by atoms with E-state index in [9.17, 15) is 4.79 Å².